The van der Waals surface area contributed by atoms with Crippen LogP contribution in [0.4, 0.5) is 0 Å². The SMILES string of the molecule is NC(=O)c1cncc(OC[C@@H]2CCN2)c1. The molecule has 0 bridgehead atoms. The molecule has 15 heavy (non-hydrogen) atoms. The average Bonchev–Trinajstić information content (AvgIpc) is 2.16. The van der Waals surface area contributed by atoms with Crippen LogP contribution in [0.2, 0.25) is 0 Å². The molecule has 1 aliphatic heterocycles. The standard InChI is InChI=1S/C10H13N3O2/c11-10(14)7-3-9(5-12-4-7)15-6-8-1-2-13-8/h3-5,8,13H,1-2,6H2,(H2,11,14)/t8-/m0/s1. The molecule has 2 rings (SSSR count). The molecule has 0 unspecified atom stereocenters. The Labute approximate surface area is 87.6 Å². The van der Waals surface area contributed by atoms with E-state index in [9.17, 15) is 4.79 Å². The van der Waals surface area contributed by atoms with Crippen molar-refractivity contribution in [3.05, 3.63) is 24.0 Å². The van der Waals surface area contributed by atoms with Gasteiger partial charge in [-0.05, 0) is 19.0 Å². The zero-order chi connectivity index (χ0) is 10.7. The molecular formula is C10H13N3O2. The summed E-state index contributed by atoms with van der Waals surface area (Å²) in [4.78, 5) is 14.8. The van der Waals surface area contributed by atoms with Gasteiger partial charge in [0.2, 0.25) is 5.91 Å². The monoisotopic (exact) mass is 207 g/mol. The van der Waals surface area contributed by atoms with Crippen LogP contribution >= 0.6 is 0 Å². The Balaban J connectivity index is 1.94. The van der Waals surface area contributed by atoms with Gasteiger partial charge in [-0.15, -0.1) is 0 Å². The molecule has 0 radical (unpaired) electrons. The highest BCUT2D eigenvalue weighted by Crippen LogP contribution is 2.12. The molecule has 2 heterocycles. The quantitative estimate of drug-likeness (QED) is 0.724. The number of carbonyl (C=O) groups is 1. The number of aromatic nitrogens is 1. The second-order valence-corrected chi connectivity index (χ2v) is 3.52. The second kappa shape index (κ2) is 4.27. The second-order valence-electron chi connectivity index (χ2n) is 3.52. The molecule has 1 fully saturated rings. The van der Waals surface area contributed by atoms with Crippen molar-refractivity contribution in [2.24, 2.45) is 5.73 Å². The number of nitrogens with zero attached hydrogens (tertiary/aromatic N) is 1. The van der Waals surface area contributed by atoms with E-state index in [1.165, 1.54) is 6.20 Å². The van der Waals surface area contributed by atoms with E-state index in [1.54, 1.807) is 12.3 Å². The first-order valence-corrected chi connectivity index (χ1v) is 4.87. The first-order chi connectivity index (χ1) is 7.25. The number of rotatable bonds is 4. The van der Waals surface area contributed by atoms with Crippen molar-refractivity contribution in [2.45, 2.75) is 12.5 Å². The molecule has 1 aromatic rings. The van der Waals surface area contributed by atoms with Crippen LogP contribution in [0.25, 0.3) is 0 Å². The summed E-state index contributed by atoms with van der Waals surface area (Å²) < 4.78 is 5.47. The van der Waals surface area contributed by atoms with Gasteiger partial charge in [0.1, 0.15) is 12.4 Å². The Hall–Kier alpha value is -1.62. The van der Waals surface area contributed by atoms with Crippen LogP contribution in [0.3, 0.4) is 0 Å². The van der Waals surface area contributed by atoms with Crippen molar-refractivity contribution in [2.75, 3.05) is 13.2 Å². The Bertz CT molecular complexity index is 363. The summed E-state index contributed by atoms with van der Waals surface area (Å²) in [6, 6.07) is 2.02. The number of ether oxygens (including phenoxy) is 1. The lowest BCUT2D eigenvalue weighted by Gasteiger charge is -2.27. The van der Waals surface area contributed by atoms with E-state index in [0.29, 0.717) is 24.0 Å². The van der Waals surface area contributed by atoms with Gasteiger partial charge in [0.25, 0.3) is 0 Å². The highest BCUT2D eigenvalue weighted by atomic mass is 16.5. The summed E-state index contributed by atoms with van der Waals surface area (Å²) in [5, 5.41) is 3.22. The fourth-order valence-electron chi connectivity index (χ4n) is 1.32. The number of carbonyl (C=O) groups excluding carboxylic acids is 1. The first kappa shape index (κ1) is 9.92. The van der Waals surface area contributed by atoms with Gasteiger partial charge in [-0.1, -0.05) is 0 Å². The lowest BCUT2D eigenvalue weighted by atomic mass is 10.1. The number of nitrogens with two attached hydrogens (primary N) is 1. The molecule has 1 atom stereocenters. The Kier molecular flexibility index (Phi) is 2.82. The van der Waals surface area contributed by atoms with E-state index < -0.39 is 5.91 Å². The van der Waals surface area contributed by atoms with E-state index >= 15 is 0 Å². The van der Waals surface area contributed by atoms with Gasteiger partial charge in [-0.25, -0.2) is 0 Å². The summed E-state index contributed by atoms with van der Waals surface area (Å²) in [6.45, 7) is 1.65. The summed E-state index contributed by atoms with van der Waals surface area (Å²) >= 11 is 0. The largest absolute Gasteiger partial charge is 0.490 e. The third-order valence-corrected chi connectivity index (χ3v) is 2.37. The molecule has 0 aliphatic carbocycles. The zero-order valence-electron chi connectivity index (χ0n) is 8.27. The van der Waals surface area contributed by atoms with Gasteiger partial charge in [-0.3, -0.25) is 9.78 Å². The smallest absolute Gasteiger partial charge is 0.250 e. The number of hydrogen-bond donors (Lipinski definition) is 2. The average molecular weight is 207 g/mol. The Morgan fingerprint density at radius 3 is 3.07 bits per heavy atom. The third kappa shape index (κ3) is 2.44. The van der Waals surface area contributed by atoms with Gasteiger partial charge in [0.15, 0.2) is 0 Å². The predicted molar refractivity (Wildman–Crippen MR) is 54.7 cm³/mol. The van der Waals surface area contributed by atoms with Crippen LogP contribution in [0.15, 0.2) is 18.5 Å². The fourth-order valence-corrected chi connectivity index (χ4v) is 1.32. The zero-order valence-corrected chi connectivity index (χ0v) is 8.27. The van der Waals surface area contributed by atoms with Gasteiger partial charge in [-0.2, -0.15) is 0 Å². The van der Waals surface area contributed by atoms with E-state index in [4.69, 9.17) is 10.5 Å². The molecule has 5 heteroatoms. The maximum atomic E-state index is 10.9. The van der Waals surface area contributed by atoms with E-state index in [-0.39, 0.29) is 0 Å². The van der Waals surface area contributed by atoms with Crippen molar-refractivity contribution < 1.29 is 9.53 Å². The molecule has 0 spiro atoms. The van der Waals surface area contributed by atoms with Crippen molar-refractivity contribution >= 4 is 5.91 Å². The molecule has 0 aromatic carbocycles. The van der Waals surface area contributed by atoms with E-state index in [0.717, 1.165) is 13.0 Å². The Morgan fingerprint density at radius 2 is 2.47 bits per heavy atom. The number of nitrogens with one attached hydrogen (secondary N) is 1. The van der Waals surface area contributed by atoms with Crippen LogP contribution in [-0.4, -0.2) is 30.1 Å². The highest BCUT2D eigenvalue weighted by molar-refractivity contribution is 5.92. The van der Waals surface area contributed by atoms with E-state index in [2.05, 4.69) is 10.3 Å². The lowest BCUT2D eigenvalue weighted by Crippen LogP contribution is -2.46. The number of primary amides is 1. The highest BCUT2D eigenvalue weighted by Gasteiger charge is 2.16. The van der Waals surface area contributed by atoms with Gasteiger partial charge in [0.05, 0.1) is 11.8 Å². The summed E-state index contributed by atoms with van der Waals surface area (Å²) in [5.74, 6) is 0.0923. The molecular weight excluding hydrogens is 194 g/mol. The van der Waals surface area contributed by atoms with Crippen LogP contribution in [-0.2, 0) is 0 Å². The maximum Gasteiger partial charge on any atom is 0.250 e. The number of hydrogen-bond acceptors (Lipinski definition) is 4. The molecule has 1 amide bonds. The van der Waals surface area contributed by atoms with Crippen LogP contribution in [0, 0.1) is 0 Å². The molecule has 80 valence electrons. The van der Waals surface area contributed by atoms with Gasteiger partial charge >= 0.3 is 0 Å². The Morgan fingerprint density at radius 1 is 1.67 bits per heavy atom. The minimum Gasteiger partial charge on any atom is -0.490 e. The van der Waals surface area contributed by atoms with Crippen molar-refractivity contribution in [3.8, 4) is 5.75 Å². The van der Waals surface area contributed by atoms with Crippen molar-refractivity contribution in [1.82, 2.24) is 10.3 Å². The predicted octanol–water partition coefficient (Wildman–Crippen LogP) is -0.0788. The minimum atomic E-state index is -0.491. The number of amides is 1. The molecule has 3 N–H and O–H groups in total. The topological polar surface area (TPSA) is 77.2 Å². The van der Waals surface area contributed by atoms with Crippen molar-refractivity contribution in [3.63, 3.8) is 0 Å². The normalized spacial score (nSPS) is 19.3. The maximum absolute atomic E-state index is 10.9. The summed E-state index contributed by atoms with van der Waals surface area (Å²) in [7, 11) is 0. The summed E-state index contributed by atoms with van der Waals surface area (Å²) in [5.41, 5.74) is 5.50. The molecule has 1 aromatic heterocycles. The van der Waals surface area contributed by atoms with Gasteiger partial charge in [0, 0.05) is 12.2 Å². The molecule has 0 saturated carbocycles. The minimum absolute atomic E-state index is 0.370. The van der Waals surface area contributed by atoms with E-state index in [1.807, 2.05) is 0 Å². The summed E-state index contributed by atoms with van der Waals surface area (Å²) in [6.07, 6.45) is 4.13. The molecule has 5 nitrogen and oxygen atoms in total. The van der Waals surface area contributed by atoms with Crippen LogP contribution < -0.4 is 15.8 Å². The first-order valence-electron chi connectivity index (χ1n) is 4.87. The van der Waals surface area contributed by atoms with Crippen LogP contribution in [0.5, 0.6) is 5.75 Å². The lowest BCUT2D eigenvalue weighted by molar-refractivity contribution is 0.0999. The van der Waals surface area contributed by atoms with Crippen molar-refractivity contribution in [1.29, 1.82) is 0 Å². The fraction of sp³-hybridized carbons (Fsp3) is 0.400. The molecule has 1 saturated heterocycles. The third-order valence-electron chi connectivity index (χ3n) is 2.37. The van der Waals surface area contributed by atoms with Crippen LogP contribution in [0.1, 0.15) is 16.8 Å². The van der Waals surface area contributed by atoms with Gasteiger partial charge < -0.3 is 15.8 Å². The molecule has 1 aliphatic rings. The number of pyridine rings is 1.